The average Bonchev–Trinajstić information content (AvgIpc) is 2.13. The van der Waals surface area contributed by atoms with Crippen molar-refractivity contribution in [3.05, 3.63) is 29.6 Å². The second kappa shape index (κ2) is 4.53. The van der Waals surface area contributed by atoms with Crippen molar-refractivity contribution in [3.63, 3.8) is 0 Å². The molecule has 0 aliphatic rings. The van der Waals surface area contributed by atoms with Crippen LogP contribution in [0.25, 0.3) is 0 Å². The van der Waals surface area contributed by atoms with Gasteiger partial charge in [-0.05, 0) is 39.3 Å². The first-order valence-corrected chi connectivity index (χ1v) is 5.08. The highest BCUT2D eigenvalue weighted by Crippen LogP contribution is 2.03. The Balaban J connectivity index is 2.62. The lowest BCUT2D eigenvalue weighted by Gasteiger charge is -2.19. The molecule has 82 valence electrons. The normalized spacial score (nSPS) is 11.5. The molecule has 0 atom stereocenters. The van der Waals surface area contributed by atoms with E-state index >= 15 is 0 Å². The summed E-state index contributed by atoms with van der Waals surface area (Å²) in [6.07, 6.45) is 3.35. The van der Waals surface area contributed by atoms with Crippen molar-refractivity contribution < 1.29 is 4.79 Å². The number of Topliss-reactive ketones (excluding diaryl/α,β-unsaturated/α-hetero) is 1. The van der Waals surface area contributed by atoms with E-state index in [9.17, 15) is 4.79 Å². The van der Waals surface area contributed by atoms with Crippen LogP contribution in [0.2, 0.25) is 0 Å². The van der Waals surface area contributed by atoms with E-state index in [-0.39, 0.29) is 11.3 Å². The molecule has 0 aromatic carbocycles. The van der Waals surface area contributed by atoms with Crippen molar-refractivity contribution in [1.82, 2.24) is 10.3 Å². The first-order chi connectivity index (χ1) is 6.88. The van der Waals surface area contributed by atoms with Gasteiger partial charge in [0.2, 0.25) is 0 Å². The first-order valence-electron chi connectivity index (χ1n) is 5.08. The van der Waals surface area contributed by atoms with E-state index < -0.39 is 0 Å². The minimum atomic E-state index is -0.0348. The van der Waals surface area contributed by atoms with E-state index in [0.717, 1.165) is 5.56 Å². The summed E-state index contributed by atoms with van der Waals surface area (Å²) < 4.78 is 0. The molecule has 3 heteroatoms. The second-order valence-electron chi connectivity index (χ2n) is 4.78. The van der Waals surface area contributed by atoms with Crippen molar-refractivity contribution in [2.24, 2.45) is 0 Å². The van der Waals surface area contributed by atoms with E-state index in [0.29, 0.717) is 12.1 Å². The van der Waals surface area contributed by atoms with Gasteiger partial charge >= 0.3 is 0 Å². The van der Waals surface area contributed by atoms with E-state index in [1.807, 2.05) is 33.8 Å². The molecule has 0 aliphatic heterocycles. The van der Waals surface area contributed by atoms with Gasteiger partial charge in [-0.3, -0.25) is 9.78 Å². The molecule has 0 saturated carbocycles. The third-order valence-corrected chi connectivity index (χ3v) is 1.98. The highest BCUT2D eigenvalue weighted by molar-refractivity contribution is 5.97. The van der Waals surface area contributed by atoms with Crippen molar-refractivity contribution in [2.45, 2.75) is 33.2 Å². The van der Waals surface area contributed by atoms with Gasteiger partial charge in [-0.25, -0.2) is 0 Å². The van der Waals surface area contributed by atoms with Gasteiger partial charge in [0.1, 0.15) is 0 Å². The maximum atomic E-state index is 11.7. The molecule has 1 heterocycles. The van der Waals surface area contributed by atoms with Crippen LogP contribution in [-0.4, -0.2) is 22.9 Å². The van der Waals surface area contributed by atoms with E-state index in [2.05, 4.69) is 10.3 Å². The van der Waals surface area contributed by atoms with Crippen molar-refractivity contribution >= 4 is 5.78 Å². The molecule has 1 aromatic rings. The second-order valence-corrected chi connectivity index (χ2v) is 4.78. The van der Waals surface area contributed by atoms with Gasteiger partial charge in [0.25, 0.3) is 0 Å². The van der Waals surface area contributed by atoms with Crippen molar-refractivity contribution in [2.75, 3.05) is 6.54 Å². The summed E-state index contributed by atoms with van der Waals surface area (Å²) in [4.78, 5) is 15.7. The fraction of sp³-hybridized carbons (Fsp3) is 0.500. The lowest BCUT2D eigenvalue weighted by Crippen LogP contribution is -2.39. The fourth-order valence-electron chi connectivity index (χ4n) is 1.15. The van der Waals surface area contributed by atoms with Crippen LogP contribution in [0.15, 0.2) is 18.5 Å². The van der Waals surface area contributed by atoms with Gasteiger partial charge in [-0.2, -0.15) is 0 Å². The van der Waals surface area contributed by atoms with E-state index in [1.54, 1.807) is 12.4 Å². The number of pyridine rings is 1. The Kier molecular flexibility index (Phi) is 3.58. The zero-order chi connectivity index (χ0) is 11.5. The molecule has 0 saturated heterocycles. The third kappa shape index (κ3) is 4.21. The van der Waals surface area contributed by atoms with Crippen molar-refractivity contribution in [1.29, 1.82) is 0 Å². The molecule has 1 rings (SSSR count). The number of ketones is 1. The highest BCUT2D eigenvalue weighted by atomic mass is 16.1. The summed E-state index contributed by atoms with van der Waals surface area (Å²) in [7, 11) is 0. The van der Waals surface area contributed by atoms with Crippen LogP contribution in [0.5, 0.6) is 0 Å². The summed E-state index contributed by atoms with van der Waals surface area (Å²) in [6.45, 7) is 8.40. The molecular formula is C12H18N2O. The number of rotatable bonds is 3. The minimum Gasteiger partial charge on any atom is -0.305 e. The topological polar surface area (TPSA) is 42.0 Å². The minimum absolute atomic E-state index is 0.0348. The van der Waals surface area contributed by atoms with Gasteiger partial charge in [0.05, 0.1) is 6.54 Å². The van der Waals surface area contributed by atoms with Gasteiger partial charge in [0.15, 0.2) is 5.78 Å². The molecule has 0 unspecified atom stereocenters. The Bertz CT molecular complexity index is 353. The molecule has 0 bridgehead atoms. The highest BCUT2D eigenvalue weighted by Gasteiger charge is 2.12. The standard InChI is InChI=1S/C12H18N2O/c1-9-5-10(7-13-6-9)11(15)8-14-12(2,3)4/h5-7,14H,8H2,1-4H3. The van der Waals surface area contributed by atoms with Crippen LogP contribution in [0.4, 0.5) is 0 Å². The zero-order valence-electron chi connectivity index (χ0n) is 9.79. The summed E-state index contributed by atoms with van der Waals surface area (Å²) in [5.74, 6) is 0.0844. The maximum absolute atomic E-state index is 11.7. The van der Waals surface area contributed by atoms with Crippen LogP contribution in [-0.2, 0) is 0 Å². The van der Waals surface area contributed by atoms with Gasteiger partial charge in [-0.15, -0.1) is 0 Å². The number of hydrogen-bond acceptors (Lipinski definition) is 3. The Labute approximate surface area is 90.9 Å². The largest absolute Gasteiger partial charge is 0.305 e. The Hall–Kier alpha value is -1.22. The monoisotopic (exact) mass is 206 g/mol. The summed E-state index contributed by atoms with van der Waals surface area (Å²) in [5.41, 5.74) is 1.65. The van der Waals surface area contributed by atoms with Gasteiger partial charge in [-0.1, -0.05) is 0 Å². The van der Waals surface area contributed by atoms with Gasteiger partial charge < -0.3 is 5.32 Å². The first kappa shape index (κ1) is 11.9. The Morgan fingerprint density at radius 3 is 2.60 bits per heavy atom. The van der Waals surface area contributed by atoms with Crippen LogP contribution in [0, 0.1) is 6.92 Å². The fourth-order valence-corrected chi connectivity index (χ4v) is 1.15. The number of carbonyl (C=O) groups excluding carboxylic acids is 1. The molecule has 15 heavy (non-hydrogen) atoms. The number of aromatic nitrogens is 1. The van der Waals surface area contributed by atoms with Gasteiger partial charge in [0, 0.05) is 23.5 Å². The molecule has 1 N–H and O–H groups in total. The van der Waals surface area contributed by atoms with Crippen LogP contribution in [0.3, 0.4) is 0 Å². The predicted molar refractivity (Wildman–Crippen MR) is 61.1 cm³/mol. The molecular weight excluding hydrogens is 188 g/mol. The number of hydrogen-bond donors (Lipinski definition) is 1. The summed E-state index contributed by atoms with van der Waals surface area (Å²) >= 11 is 0. The quantitative estimate of drug-likeness (QED) is 0.769. The SMILES string of the molecule is Cc1cncc(C(=O)CNC(C)(C)C)c1. The van der Waals surface area contributed by atoms with E-state index in [4.69, 9.17) is 0 Å². The van der Waals surface area contributed by atoms with E-state index in [1.165, 1.54) is 0 Å². The number of carbonyl (C=O) groups is 1. The molecule has 1 aromatic heterocycles. The van der Waals surface area contributed by atoms with Crippen LogP contribution < -0.4 is 5.32 Å². The average molecular weight is 206 g/mol. The lowest BCUT2D eigenvalue weighted by molar-refractivity contribution is 0.0981. The lowest BCUT2D eigenvalue weighted by atomic mass is 10.1. The molecule has 0 fully saturated rings. The number of nitrogens with one attached hydrogen (secondary N) is 1. The molecule has 0 amide bonds. The van der Waals surface area contributed by atoms with Crippen molar-refractivity contribution in [3.8, 4) is 0 Å². The number of nitrogens with zero attached hydrogens (tertiary/aromatic N) is 1. The van der Waals surface area contributed by atoms with Crippen LogP contribution in [0.1, 0.15) is 36.7 Å². The Morgan fingerprint density at radius 2 is 2.07 bits per heavy atom. The molecule has 0 spiro atoms. The smallest absolute Gasteiger partial charge is 0.178 e. The third-order valence-electron chi connectivity index (χ3n) is 1.98. The molecule has 3 nitrogen and oxygen atoms in total. The molecule has 0 aliphatic carbocycles. The number of aryl methyl sites for hydroxylation is 1. The zero-order valence-corrected chi connectivity index (χ0v) is 9.79. The Morgan fingerprint density at radius 1 is 1.40 bits per heavy atom. The van der Waals surface area contributed by atoms with Crippen LogP contribution >= 0.6 is 0 Å². The molecule has 0 radical (unpaired) electrons. The summed E-state index contributed by atoms with van der Waals surface area (Å²) in [5, 5.41) is 3.16. The summed E-state index contributed by atoms with van der Waals surface area (Å²) in [6, 6.07) is 1.86. The maximum Gasteiger partial charge on any atom is 0.178 e. The predicted octanol–water partition coefficient (Wildman–Crippen LogP) is 1.96.